The Kier molecular flexibility index (Phi) is 5.00. The van der Waals surface area contributed by atoms with Crippen LogP contribution >= 0.6 is 11.3 Å². The molecule has 0 spiro atoms. The number of hydrogen-bond acceptors (Lipinski definition) is 1. The molecule has 9 aromatic rings. The van der Waals surface area contributed by atoms with Gasteiger partial charge in [-0.25, -0.2) is 0 Å². The number of hydrogen-bond donors (Lipinski definition) is 0. The summed E-state index contributed by atoms with van der Waals surface area (Å²) in [6.07, 6.45) is 0. The van der Waals surface area contributed by atoms with E-state index in [9.17, 15) is 0 Å². The second-order valence-electron chi connectivity index (χ2n) is 12.9. The van der Waals surface area contributed by atoms with E-state index in [1.165, 1.54) is 91.8 Å². The topological polar surface area (TPSA) is 4.93 Å². The van der Waals surface area contributed by atoms with Crippen molar-refractivity contribution in [3.8, 4) is 27.9 Å². The predicted molar refractivity (Wildman–Crippen MR) is 194 cm³/mol. The highest BCUT2D eigenvalue weighted by atomic mass is 32.1. The summed E-state index contributed by atoms with van der Waals surface area (Å²) in [6.45, 7) is 4.75. The molecule has 0 bridgehead atoms. The van der Waals surface area contributed by atoms with Crippen LogP contribution in [-0.4, -0.2) is 4.57 Å². The van der Waals surface area contributed by atoms with Gasteiger partial charge in [0.05, 0.1) is 16.7 Å². The Morgan fingerprint density at radius 1 is 0.511 bits per heavy atom. The van der Waals surface area contributed by atoms with E-state index in [2.05, 4.69) is 158 Å². The van der Waals surface area contributed by atoms with Gasteiger partial charge in [0, 0.05) is 41.7 Å². The zero-order valence-corrected chi connectivity index (χ0v) is 26.0. The zero-order valence-electron chi connectivity index (χ0n) is 25.1. The molecule has 10 rings (SSSR count). The molecule has 0 saturated carbocycles. The lowest BCUT2D eigenvalue weighted by atomic mass is 9.81. The molecular formula is C43H29NS. The van der Waals surface area contributed by atoms with Crippen LogP contribution in [0.2, 0.25) is 0 Å². The number of para-hydroxylation sites is 1. The molecule has 212 valence electrons. The van der Waals surface area contributed by atoms with E-state index >= 15 is 0 Å². The van der Waals surface area contributed by atoms with Gasteiger partial charge in [0.25, 0.3) is 0 Å². The first-order valence-electron chi connectivity index (χ1n) is 15.7. The lowest BCUT2D eigenvalue weighted by Gasteiger charge is -2.22. The summed E-state index contributed by atoms with van der Waals surface area (Å²) >= 11 is 1.90. The fourth-order valence-corrected chi connectivity index (χ4v) is 9.26. The Hall–Kier alpha value is -5.18. The molecule has 0 radical (unpaired) electrons. The van der Waals surface area contributed by atoms with Crippen LogP contribution in [0.3, 0.4) is 0 Å². The van der Waals surface area contributed by atoms with Crippen molar-refractivity contribution in [3.63, 3.8) is 0 Å². The highest BCUT2D eigenvalue weighted by Crippen LogP contribution is 2.52. The van der Waals surface area contributed by atoms with Crippen molar-refractivity contribution in [2.45, 2.75) is 19.3 Å². The van der Waals surface area contributed by atoms with Gasteiger partial charge in [-0.05, 0) is 69.1 Å². The molecule has 1 nitrogen and oxygen atoms in total. The number of rotatable bonds is 2. The third-order valence-electron chi connectivity index (χ3n) is 10.2. The molecule has 2 heterocycles. The number of thiophene rings is 1. The van der Waals surface area contributed by atoms with Crippen LogP contribution in [0.15, 0.2) is 140 Å². The van der Waals surface area contributed by atoms with Crippen LogP contribution in [0, 0.1) is 0 Å². The summed E-state index contributed by atoms with van der Waals surface area (Å²) in [5.41, 5.74) is 11.8. The second-order valence-corrected chi connectivity index (χ2v) is 14.0. The maximum absolute atomic E-state index is 2.55. The fraction of sp³-hybridized carbons (Fsp3) is 0.0698. The lowest BCUT2D eigenvalue weighted by molar-refractivity contribution is 0.660. The SMILES string of the molecule is CC1(C)c2ccccc2-c2ccc(-c3cc4sc5ccccc5c4c4c3c3ccccc3n4-c3cccc4ccccc34)cc21. The Bertz CT molecular complexity index is 2680. The Morgan fingerprint density at radius 3 is 2.13 bits per heavy atom. The third kappa shape index (κ3) is 3.32. The first-order valence-corrected chi connectivity index (χ1v) is 16.5. The largest absolute Gasteiger partial charge is 0.308 e. The maximum atomic E-state index is 2.55. The predicted octanol–water partition coefficient (Wildman–Crippen LogP) is 12.3. The summed E-state index contributed by atoms with van der Waals surface area (Å²) in [6, 6.07) is 52.0. The van der Waals surface area contributed by atoms with E-state index < -0.39 is 0 Å². The Labute approximate surface area is 265 Å². The molecule has 7 aromatic carbocycles. The highest BCUT2D eigenvalue weighted by Gasteiger charge is 2.35. The molecular weight excluding hydrogens is 563 g/mol. The van der Waals surface area contributed by atoms with E-state index in [1.807, 2.05) is 11.3 Å². The number of fused-ring (bicyclic) bond motifs is 11. The normalized spacial score (nSPS) is 13.7. The minimum Gasteiger partial charge on any atom is -0.308 e. The summed E-state index contributed by atoms with van der Waals surface area (Å²) in [4.78, 5) is 0. The molecule has 0 atom stereocenters. The summed E-state index contributed by atoms with van der Waals surface area (Å²) in [5.74, 6) is 0. The molecule has 0 unspecified atom stereocenters. The van der Waals surface area contributed by atoms with Crippen LogP contribution < -0.4 is 0 Å². The molecule has 1 aliphatic carbocycles. The van der Waals surface area contributed by atoms with Crippen molar-refractivity contribution in [3.05, 3.63) is 151 Å². The summed E-state index contributed by atoms with van der Waals surface area (Å²) in [5, 5.41) is 7.79. The second kappa shape index (κ2) is 8.94. The van der Waals surface area contributed by atoms with Gasteiger partial charge in [0.15, 0.2) is 0 Å². The maximum Gasteiger partial charge on any atom is 0.0640 e. The van der Waals surface area contributed by atoms with Crippen molar-refractivity contribution < 1.29 is 0 Å². The van der Waals surface area contributed by atoms with E-state index in [0.29, 0.717) is 0 Å². The van der Waals surface area contributed by atoms with Crippen LogP contribution in [0.4, 0.5) is 0 Å². The van der Waals surface area contributed by atoms with Crippen molar-refractivity contribution in [1.29, 1.82) is 0 Å². The van der Waals surface area contributed by atoms with Crippen LogP contribution in [-0.2, 0) is 5.41 Å². The number of aromatic nitrogens is 1. The lowest BCUT2D eigenvalue weighted by Crippen LogP contribution is -2.14. The average molecular weight is 592 g/mol. The van der Waals surface area contributed by atoms with Crippen molar-refractivity contribution in [1.82, 2.24) is 4.57 Å². The van der Waals surface area contributed by atoms with Gasteiger partial charge in [0.1, 0.15) is 0 Å². The van der Waals surface area contributed by atoms with Crippen molar-refractivity contribution in [2.75, 3.05) is 0 Å². The zero-order chi connectivity index (χ0) is 29.9. The van der Waals surface area contributed by atoms with Gasteiger partial charge in [-0.2, -0.15) is 0 Å². The van der Waals surface area contributed by atoms with Gasteiger partial charge in [0.2, 0.25) is 0 Å². The Morgan fingerprint density at radius 2 is 1.22 bits per heavy atom. The molecule has 45 heavy (non-hydrogen) atoms. The number of benzene rings is 7. The molecule has 0 aliphatic heterocycles. The van der Waals surface area contributed by atoms with Gasteiger partial charge in [-0.3, -0.25) is 0 Å². The standard InChI is InChI=1S/C43H29NS/c1-43(2)34-18-8-5-15-29(34)30-23-22-27(24-35(30)43)33-25-39-41(32-17-7-10-21-38(32)45-39)42-40(33)31-16-6-9-19-37(31)44(42)36-20-11-13-26-12-3-4-14-28(26)36/h3-25H,1-2H3. The third-order valence-corrected chi connectivity index (χ3v) is 11.3. The first-order chi connectivity index (χ1) is 22.1. The molecule has 1 aliphatic rings. The molecule has 0 amide bonds. The van der Waals surface area contributed by atoms with Gasteiger partial charge in [-0.15, -0.1) is 11.3 Å². The van der Waals surface area contributed by atoms with Gasteiger partial charge >= 0.3 is 0 Å². The average Bonchev–Trinajstić information content (AvgIpc) is 3.70. The smallest absolute Gasteiger partial charge is 0.0640 e. The van der Waals surface area contributed by atoms with Crippen molar-refractivity contribution >= 4 is 64.1 Å². The van der Waals surface area contributed by atoms with Crippen LogP contribution in [0.1, 0.15) is 25.0 Å². The molecule has 0 fully saturated rings. The summed E-state index contributed by atoms with van der Waals surface area (Å²) in [7, 11) is 0. The fourth-order valence-electron chi connectivity index (χ4n) is 8.12. The summed E-state index contributed by atoms with van der Waals surface area (Å²) < 4.78 is 5.20. The first kappa shape index (κ1) is 25.2. The number of nitrogens with zero attached hydrogens (tertiary/aromatic N) is 1. The monoisotopic (exact) mass is 591 g/mol. The molecule has 0 N–H and O–H groups in total. The van der Waals surface area contributed by atoms with Gasteiger partial charge < -0.3 is 4.57 Å². The Balaban J connectivity index is 1.39. The highest BCUT2D eigenvalue weighted by molar-refractivity contribution is 7.26. The van der Waals surface area contributed by atoms with E-state index in [0.717, 1.165) is 0 Å². The van der Waals surface area contributed by atoms with E-state index in [4.69, 9.17) is 0 Å². The van der Waals surface area contributed by atoms with Crippen molar-refractivity contribution in [2.24, 2.45) is 0 Å². The molecule has 2 aromatic heterocycles. The van der Waals surface area contributed by atoms with E-state index in [-0.39, 0.29) is 5.41 Å². The van der Waals surface area contributed by atoms with Crippen LogP contribution in [0.5, 0.6) is 0 Å². The molecule has 2 heteroatoms. The van der Waals surface area contributed by atoms with Crippen LogP contribution in [0.25, 0.3) is 80.7 Å². The molecule has 0 saturated heterocycles. The minimum atomic E-state index is -0.0558. The minimum absolute atomic E-state index is 0.0558. The van der Waals surface area contributed by atoms with E-state index in [1.54, 1.807) is 0 Å². The van der Waals surface area contributed by atoms with Gasteiger partial charge in [-0.1, -0.05) is 123 Å². The quantitative estimate of drug-likeness (QED) is 0.188.